The molecule has 0 amide bonds. The molecule has 0 spiro atoms. The van der Waals surface area contributed by atoms with Crippen LogP contribution >= 0.6 is 0 Å². The van der Waals surface area contributed by atoms with Gasteiger partial charge in [0.25, 0.3) is 0 Å². The first-order valence-corrected chi connectivity index (χ1v) is 8.03. The zero-order valence-corrected chi connectivity index (χ0v) is 13.4. The molecule has 1 fully saturated rings. The van der Waals surface area contributed by atoms with Crippen molar-refractivity contribution in [1.82, 2.24) is 19.9 Å². The topological polar surface area (TPSA) is 75.0 Å². The van der Waals surface area contributed by atoms with Crippen molar-refractivity contribution >= 4 is 5.82 Å². The highest BCUT2D eigenvalue weighted by atomic mass is 19.1. The first-order chi connectivity index (χ1) is 12.2. The maximum Gasteiger partial charge on any atom is 0.212 e. The van der Waals surface area contributed by atoms with Gasteiger partial charge in [-0.2, -0.15) is 4.39 Å². The molecule has 4 rings (SSSR count). The summed E-state index contributed by atoms with van der Waals surface area (Å²) in [5.74, 6) is 0.726. The number of β-amino-alcohol motifs (C(OH)–C–C–N with tert-alkyl or cyclic N) is 1. The van der Waals surface area contributed by atoms with Crippen molar-refractivity contribution < 1.29 is 9.50 Å². The smallest absolute Gasteiger partial charge is 0.212 e. The molecule has 0 radical (unpaired) electrons. The van der Waals surface area contributed by atoms with Crippen molar-refractivity contribution in [3.8, 4) is 22.6 Å². The van der Waals surface area contributed by atoms with Gasteiger partial charge >= 0.3 is 0 Å². The van der Waals surface area contributed by atoms with Crippen LogP contribution in [0.3, 0.4) is 0 Å². The fourth-order valence-corrected chi connectivity index (χ4v) is 2.85. The lowest BCUT2D eigenvalue weighted by molar-refractivity contribution is 0.198. The Labute approximate surface area is 144 Å². The van der Waals surface area contributed by atoms with E-state index in [2.05, 4.69) is 19.9 Å². The Bertz CT molecular complexity index is 872. The number of halogens is 1. The van der Waals surface area contributed by atoms with Crippen LogP contribution in [-0.2, 0) is 0 Å². The molecule has 6 nitrogen and oxygen atoms in total. The molecule has 3 aromatic rings. The molecule has 0 aliphatic carbocycles. The summed E-state index contributed by atoms with van der Waals surface area (Å²) < 4.78 is 13.1. The van der Waals surface area contributed by atoms with E-state index in [1.807, 2.05) is 23.1 Å². The van der Waals surface area contributed by atoms with Crippen LogP contribution in [0.25, 0.3) is 22.6 Å². The van der Waals surface area contributed by atoms with Gasteiger partial charge in [-0.15, -0.1) is 0 Å². The minimum atomic E-state index is -0.534. The molecule has 3 aromatic heterocycles. The number of pyridine rings is 2. The second kappa shape index (κ2) is 6.52. The van der Waals surface area contributed by atoms with Crippen LogP contribution in [0, 0.1) is 5.95 Å². The Hall–Kier alpha value is -2.93. The zero-order chi connectivity index (χ0) is 17.2. The standard InChI is InChI=1S/C18H16FN5O/c19-16-4-3-12(10-21-16)15-8-17(24-7-5-14(25)11-24)23-18(22-15)13-2-1-6-20-9-13/h1-4,6,8-10,14,25H,5,7,11H2/t14-/m0/s1. The number of nitrogens with zero attached hydrogens (tertiary/aromatic N) is 5. The maximum atomic E-state index is 13.1. The third kappa shape index (κ3) is 3.32. The molecule has 4 heterocycles. The fraction of sp³-hybridized carbons (Fsp3) is 0.222. The van der Waals surface area contributed by atoms with Gasteiger partial charge in [0, 0.05) is 48.9 Å². The molecule has 7 heteroatoms. The number of anilines is 1. The average Bonchev–Trinajstić information content (AvgIpc) is 3.09. The number of aliphatic hydroxyl groups is 1. The van der Waals surface area contributed by atoms with Crippen LogP contribution in [0.2, 0.25) is 0 Å². The van der Waals surface area contributed by atoms with E-state index in [9.17, 15) is 9.50 Å². The Morgan fingerprint density at radius 2 is 2.04 bits per heavy atom. The molecule has 1 aliphatic rings. The van der Waals surface area contributed by atoms with Gasteiger partial charge in [0.15, 0.2) is 5.82 Å². The quantitative estimate of drug-likeness (QED) is 0.739. The molecule has 0 saturated carbocycles. The molecule has 25 heavy (non-hydrogen) atoms. The SMILES string of the molecule is O[C@H]1CCN(c2cc(-c3ccc(F)nc3)nc(-c3cccnc3)n2)C1. The van der Waals surface area contributed by atoms with Gasteiger partial charge in [0.05, 0.1) is 11.8 Å². The van der Waals surface area contributed by atoms with Crippen LogP contribution < -0.4 is 4.90 Å². The Morgan fingerprint density at radius 3 is 2.72 bits per heavy atom. The largest absolute Gasteiger partial charge is 0.391 e. The highest BCUT2D eigenvalue weighted by Gasteiger charge is 2.23. The second-order valence-electron chi connectivity index (χ2n) is 5.93. The van der Waals surface area contributed by atoms with Crippen molar-refractivity contribution in [2.75, 3.05) is 18.0 Å². The minimum Gasteiger partial charge on any atom is -0.391 e. The Balaban J connectivity index is 1.81. The van der Waals surface area contributed by atoms with E-state index in [4.69, 9.17) is 0 Å². The normalized spacial score (nSPS) is 17.0. The van der Waals surface area contributed by atoms with E-state index in [1.165, 1.54) is 12.3 Å². The molecule has 126 valence electrons. The summed E-state index contributed by atoms with van der Waals surface area (Å²) in [6, 6.07) is 8.50. The predicted molar refractivity (Wildman–Crippen MR) is 91.3 cm³/mol. The van der Waals surface area contributed by atoms with Crippen LogP contribution in [-0.4, -0.2) is 44.2 Å². The molecule has 1 atom stereocenters. The molecule has 0 aromatic carbocycles. The van der Waals surface area contributed by atoms with Gasteiger partial charge in [-0.1, -0.05) is 0 Å². The molecule has 1 aliphatic heterocycles. The molecule has 1 N–H and O–H groups in total. The Morgan fingerprint density at radius 1 is 1.12 bits per heavy atom. The first-order valence-electron chi connectivity index (χ1n) is 8.03. The van der Waals surface area contributed by atoms with Crippen LogP contribution in [0.15, 0.2) is 48.9 Å². The lowest BCUT2D eigenvalue weighted by Gasteiger charge is -2.18. The summed E-state index contributed by atoms with van der Waals surface area (Å²) in [4.78, 5) is 19.1. The summed E-state index contributed by atoms with van der Waals surface area (Å²) in [7, 11) is 0. The predicted octanol–water partition coefficient (Wildman–Crippen LogP) is 2.31. The lowest BCUT2D eigenvalue weighted by atomic mass is 10.2. The van der Waals surface area contributed by atoms with E-state index in [1.54, 1.807) is 18.5 Å². The van der Waals surface area contributed by atoms with E-state index in [-0.39, 0.29) is 6.10 Å². The number of aromatic nitrogens is 4. The van der Waals surface area contributed by atoms with E-state index >= 15 is 0 Å². The van der Waals surface area contributed by atoms with Crippen LogP contribution in [0.4, 0.5) is 10.2 Å². The van der Waals surface area contributed by atoms with Gasteiger partial charge in [0.2, 0.25) is 5.95 Å². The zero-order valence-electron chi connectivity index (χ0n) is 13.4. The van der Waals surface area contributed by atoms with Crippen molar-refractivity contribution in [2.45, 2.75) is 12.5 Å². The number of hydrogen-bond donors (Lipinski definition) is 1. The fourth-order valence-electron chi connectivity index (χ4n) is 2.85. The number of hydrogen-bond acceptors (Lipinski definition) is 6. The number of rotatable bonds is 3. The summed E-state index contributed by atoms with van der Waals surface area (Å²) in [6.07, 6.45) is 5.19. The second-order valence-corrected chi connectivity index (χ2v) is 5.93. The van der Waals surface area contributed by atoms with E-state index < -0.39 is 5.95 Å². The van der Waals surface area contributed by atoms with E-state index in [0.717, 1.165) is 17.9 Å². The van der Waals surface area contributed by atoms with Gasteiger partial charge in [-0.25, -0.2) is 15.0 Å². The van der Waals surface area contributed by atoms with Crippen molar-refractivity contribution in [3.63, 3.8) is 0 Å². The monoisotopic (exact) mass is 337 g/mol. The summed E-state index contributed by atoms with van der Waals surface area (Å²) in [6.45, 7) is 1.26. The van der Waals surface area contributed by atoms with Crippen molar-refractivity contribution in [3.05, 3.63) is 54.9 Å². The van der Waals surface area contributed by atoms with Crippen LogP contribution in [0.5, 0.6) is 0 Å². The van der Waals surface area contributed by atoms with Gasteiger partial charge in [0.1, 0.15) is 5.82 Å². The molecule has 1 saturated heterocycles. The highest BCUT2D eigenvalue weighted by Crippen LogP contribution is 2.27. The van der Waals surface area contributed by atoms with Crippen molar-refractivity contribution in [2.24, 2.45) is 0 Å². The molecule has 0 unspecified atom stereocenters. The van der Waals surface area contributed by atoms with Crippen LogP contribution in [0.1, 0.15) is 6.42 Å². The maximum absolute atomic E-state index is 13.1. The van der Waals surface area contributed by atoms with Gasteiger partial charge < -0.3 is 10.0 Å². The Kier molecular flexibility index (Phi) is 4.07. The lowest BCUT2D eigenvalue weighted by Crippen LogP contribution is -2.22. The highest BCUT2D eigenvalue weighted by molar-refractivity contribution is 5.67. The van der Waals surface area contributed by atoms with Crippen molar-refractivity contribution in [1.29, 1.82) is 0 Å². The van der Waals surface area contributed by atoms with E-state index in [0.29, 0.717) is 30.0 Å². The van der Waals surface area contributed by atoms with Gasteiger partial charge in [-0.3, -0.25) is 4.98 Å². The van der Waals surface area contributed by atoms with Gasteiger partial charge in [-0.05, 0) is 30.7 Å². The summed E-state index contributed by atoms with van der Waals surface area (Å²) in [5, 5.41) is 9.82. The average molecular weight is 337 g/mol. The third-order valence-electron chi connectivity index (χ3n) is 4.14. The third-order valence-corrected chi connectivity index (χ3v) is 4.14. The molecular formula is C18H16FN5O. The first kappa shape index (κ1) is 15.6. The number of aliphatic hydroxyl groups excluding tert-OH is 1. The minimum absolute atomic E-state index is 0.354. The molecular weight excluding hydrogens is 321 g/mol. The summed E-state index contributed by atoms with van der Waals surface area (Å²) >= 11 is 0. The molecule has 0 bridgehead atoms. The summed E-state index contributed by atoms with van der Waals surface area (Å²) in [5.41, 5.74) is 2.15.